The van der Waals surface area contributed by atoms with Crippen LogP contribution in [0.15, 0.2) is 23.3 Å². The third-order valence-corrected chi connectivity index (χ3v) is 5.13. The lowest BCUT2D eigenvalue weighted by Crippen LogP contribution is -2.23. The SMILES string of the molecule is CC(C)NCCCCC[CH]C1=C(CC2CCCCC2)C=CC1. The maximum absolute atomic E-state index is 3.50. The van der Waals surface area contributed by atoms with E-state index in [1.807, 2.05) is 0 Å². The molecule has 1 fully saturated rings. The molecule has 2 rings (SSSR count). The standard InChI is InChI=1S/C21H36N/c1-18(2)22-16-9-4-3-8-13-20-14-10-15-21(20)17-19-11-6-5-7-12-19/h10,13,15,18-19,22H,3-9,11-12,14,16-17H2,1-2H3. The fourth-order valence-electron chi connectivity index (χ4n) is 3.80. The van der Waals surface area contributed by atoms with E-state index in [-0.39, 0.29) is 0 Å². The molecule has 1 heteroatoms. The van der Waals surface area contributed by atoms with Crippen molar-refractivity contribution >= 4 is 0 Å². The Kier molecular flexibility index (Phi) is 8.30. The van der Waals surface area contributed by atoms with Gasteiger partial charge in [0.2, 0.25) is 0 Å². The molecule has 0 unspecified atom stereocenters. The Labute approximate surface area is 138 Å². The Balaban J connectivity index is 1.60. The van der Waals surface area contributed by atoms with E-state index in [1.54, 1.807) is 11.1 Å². The summed E-state index contributed by atoms with van der Waals surface area (Å²) in [5, 5.41) is 3.50. The average Bonchev–Trinajstić information content (AvgIpc) is 2.94. The van der Waals surface area contributed by atoms with Gasteiger partial charge in [-0.05, 0) is 50.1 Å². The van der Waals surface area contributed by atoms with Crippen LogP contribution in [0.4, 0.5) is 0 Å². The normalized spacial score (nSPS) is 19.6. The van der Waals surface area contributed by atoms with Gasteiger partial charge in [-0.1, -0.05) is 76.5 Å². The van der Waals surface area contributed by atoms with Crippen molar-refractivity contribution in [3.8, 4) is 0 Å². The van der Waals surface area contributed by atoms with Crippen LogP contribution in [-0.2, 0) is 0 Å². The van der Waals surface area contributed by atoms with Gasteiger partial charge in [0.15, 0.2) is 0 Å². The van der Waals surface area contributed by atoms with Crippen LogP contribution in [0.5, 0.6) is 0 Å². The second kappa shape index (κ2) is 10.3. The zero-order valence-electron chi connectivity index (χ0n) is 14.9. The first-order valence-corrected chi connectivity index (χ1v) is 9.71. The number of rotatable bonds is 10. The van der Waals surface area contributed by atoms with Gasteiger partial charge in [-0.3, -0.25) is 0 Å². The van der Waals surface area contributed by atoms with Gasteiger partial charge in [-0.15, -0.1) is 0 Å². The average molecular weight is 303 g/mol. The third-order valence-electron chi connectivity index (χ3n) is 5.13. The predicted molar refractivity (Wildman–Crippen MR) is 97.9 cm³/mol. The minimum Gasteiger partial charge on any atom is -0.315 e. The highest BCUT2D eigenvalue weighted by Gasteiger charge is 2.17. The van der Waals surface area contributed by atoms with Gasteiger partial charge in [0.25, 0.3) is 0 Å². The second-order valence-electron chi connectivity index (χ2n) is 7.53. The number of nitrogens with one attached hydrogen (secondary N) is 1. The van der Waals surface area contributed by atoms with E-state index in [2.05, 4.69) is 37.7 Å². The van der Waals surface area contributed by atoms with Crippen LogP contribution in [0.3, 0.4) is 0 Å². The second-order valence-corrected chi connectivity index (χ2v) is 7.53. The summed E-state index contributed by atoms with van der Waals surface area (Å²) in [6.45, 7) is 5.62. The van der Waals surface area contributed by atoms with Crippen LogP contribution < -0.4 is 5.32 Å². The molecule has 1 N–H and O–H groups in total. The number of hydrogen-bond donors (Lipinski definition) is 1. The summed E-state index contributed by atoms with van der Waals surface area (Å²) < 4.78 is 0. The van der Waals surface area contributed by atoms with E-state index in [0.29, 0.717) is 6.04 Å². The molecular weight excluding hydrogens is 266 g/mol. The van der Waals surface area contributed by atoms with Crippen molar-refractivity contribution in [1.82, 2.24) is 5.32 Å². The molecule has 0 heterocycles. The molecule has 2 aliphatic carbocycles. The van der Waals surface area contributed by atoms with E-state index < -0.39 is 0 Å². The molecule has 0 saturated heterocycles. The molecule has 2 aliphatic rings. The zero-order chi connectivity index (χ0) is 15.6. The fourth-order valence-corrected chi connectivity index (χ4v) is 3.80. The Morgan fingerprint density at radius 2 is 1.95 bits per heavy atom. The molecule has 1 saturated carbocycles. The minimum atomic E-state index is 0.628. The molecule has 0 aliphatic heterocycles. The number of allylic oxidation sites excluding steroid dienone is 4. The third kappa shape index (κ3) is 6.69. The molecule has 0 atom stereocenters. The van der Waals surface area contributed by atoms with Gasteiger partial charge >= 0.3 is 0 Å². The first kappa shape index (κ1) is 17.8. The molecule has 0 aromatic rings. The first-order chi connectivity index (χ1) is 10.8. The Bertz CT molecular complexity index is 358. The van der Waals surface area contributed by atoms with Crippen LogP contribution >= 0.6 is 0 Å². The van der Waals surface area contributed by atoms with Crippen molar-refractivity contribution in [3.05, 3.63) is 29.7 Å². The quantitative estimate of drug-likeness (QED) is 0.490. The molecule has 0 bridgehead atoms. The lowest BCUT2D eigenvalue weighted by Gasteiger charge is -2.22. The summed E-state index contributed by atoms with van der Waals surface area (Å²) in [5.74, 6) is 0.969. The monoisotopic (exact) mass is 302 g/mol. The molecule has 0 spiro atoms. The van der Waals surface area contributed by atoms with Gasteiger partial charge in [-0.25, -0.2) is 0 Å². The summed E-state index contributed by atoms with van der Waals surface area (Å²) in [5.41, 5.74) is 3.30. The Hall–Kier alpha value is -0.560. The summed E-state index contributed by atoms with van der Waals surface area (Å²) in [6, 6.07) is 0.628. The molecule has 0 aromatic heterocycles. The van der Waals surface area contributed by atoms with Crippen LogP contribution in [0, 0.1) is 12.3 Å². The topological polar surface area (TPSA) is 12.0 Å². The molecule has 22 heavy (non-hydrogen) atoms. The number of unbranched alkanes of at least 4 members (excludes halogenated alkanes) is 3. The first-order valence-electron chi connectivity index (χ1n) is 9.71. The van der Waals surface area contributed by atoms with Crippen LogP contribution in [0.25, 0.3) is 0 Å². The Morgan fingerprint density at radius 1 is 1.14 bits per heavy atom. The van der Waals surface area contributed by atoms with Crippen molar-refractivity contribution < 1.29 is 0 Å². The van der Waals surface area contributed by atoms with Crippen molar-refractivity contribution in [2.75, 3.05) is 6.54 Å². The molecule has 0 aromatic carbocycles. The van der Waals surface area contributed by atoms with Crippen LogP contribution in [0.2, 0.25) is 0 Å². The zero-order valence-corrected chi connectivity index (χ0v) is 14.9. The molecule has 1 radical (unpaired) electrons. The van der Waals surface area contributed by atoms with Gasteiger partial charge in [-0.2, -0.15) is 0 Å². The maximum Gasteiger partial charge on any atom is 0.00103 e. The summed E-state index contributed by atoms with van der Waals surface area (Å²) >= 11 is 0. The van der Waals surface area contributed by atoms with Gasteiger partial charge in [0, 0.05) is 6.04 Å². The predicted octanol–water partition coefficient (Wildman–Crippen LogP) is 5.98. The van der Waals surface area contributed by atoms with Gasteiger partial charge in [0.05, 0.1) is 0 Å². The van der Waals surface area contributed by atoms with Crippen LogP contribution in [0.1, 0.15) is 84.5 Å². The van der Waals surface area contributed by atoms with Gasteiger partial charge in [0.1, 0.15) is 0 Å². The highest BCUT2D eigenvalue weighted by molar-refractivity contribution is 5.38. The highest BCUT2D eigenvalue weighted by atomic mass is 14.9. The summed E-state index contributed by atoms with van der Waals surface area (Å²) in [4.78, 5) is 0. The van der Waals surface area contributed by atoms with E-state index >= 15 is 0 Å². The molecule has 0 amide bonds. The molecular formula is C21H36N. The largest absolute Gasteiger partial charge is 0.315 e. The van der Waals surface area contributed by atoms with E-state index in [1.165, 1.54) is 77.2 Å². The fraction of sp³-hybridized carbons (Fsp3) is 0.762. The van der Waals surface area contributed by atoms with Crippen molar-refractivity contribution in [2.45, 2.75) is 90.5 Å². The van der Waals surface area contributed by atoms with Crippen molar-refractivity contribution in [2.24, 2.45) is 5.92 Å². The van der Waals surface area contributed by atoms with Crippen molar-refractivity contribution in [1.29, 1.82) is 0 Å². The molecule has 1 nitrogen and oxygen atoms in total. The van der Waals surface area contributed by atoms with E-state index in [9.17, 15) is 0 Å². The van der Waals surface area contributed by atoms with Crippen molar-refractivity contribution in [3.63, 3.8) is 0 Å². The maximum atomic E-state index is 3.50. The van der Waals surface area contributed by atoms with Gasteiger partial charge < -0.3 is 5.32 Å². The lowest BCUT2D eigenvalue weighted by molar-refractivity contribution is 0.357. The Morgan fingerprint density at radius 3 is 2.73 bits per heavy atom. The summed E-state index contributed by atoms with van der Waals surface area (Å²) in [7, 11) is 0. The lowest BCUT2D eigenvalue weighted by atomic mass is 9.84. The number of hydrogen-bond acceptors (Lipinski definition) is 1. The highest BCUT2D eigenvalue weighted by Crippen LogP contribution is 2.34. The van der Waals surface area contributed by atoms with E-state index in [0.717, 1.165) is 5.92 Å². The summed E-state index contributed by atoms with van der Waals surface area (Å²) in [6.07, 6.45) is 22.5. The van der Waals surface area contributed by atoms with Crippen LogP contribution in [-0.4, -0.2) is 12.6 Å². The minimum absolute atomic E-state index is 0.628. The molecule has 125 valence electrons. The van der Waals surface area contributed by atoms with E-state index in [4.69, 9.17) is 0 Å². The smallest absolute Gasteiger partial charge is 0.00103 e.